The average molecular weight is 928 g/mol. The van der Waals surface area contributed by atoms with Crippen molar-refractivity contribution < 1.29 is 46.9 Å². The van der Waals surface area contributed by atoms with Crippen molar-refractivity contribution in [2.45, 2.75) is 175 Å². The third-order valence-corrected chi connectivity index (χ3v) is 14.9. The Labute approximate surface area is 316 Å². The third-order valence-electron chi connectivity index (χ3n) is 9.04. The summed E-state index contributed by atoms with van der Waals surface area (Å²) in [5, 5.41) is 0. The van der Waals surface area contributed by atoms with Crippen molar-refractivity contribution in [3.05, 3.63) is 0 Å². The molecule has 14 heteroatoms. The van der Waals surface area contributed by atoms with Crippen LogP contribution in [0.25, 0.3) is 0 Å². The standard InChI is InChI=1S/3C12H22O4.2Sb/c3*1-2-3-4-5-7-10(12(15)16)8-6-9-11(13)14;;/h3*10H,2-9H2,1H3,(H,13,14)(H,15,16);;/q;;;2*+3/p-6. The maximum atomic E-state index is 13.4. The van der Waals surface area contributed by atoms with Gasteiger partial charge in [-0.1, -0.05) is 0 Å². The summed E-state index contributed by atoms with van der Waals surface area (Å²) in [6.45, 7) is 6.33. The third kappa shape index (κ3) is 19.3. The predicted octanol–water partition coefficient (Wildman–Crippen LogP) is 7.51. The van der Waals surface area contributed by atoms with Crippen molar-refractivity contribution in [3.8, 4) is 0 Å². The summed E-state index contributed by atoms with van der Waals surface area (Å²) in [6.07, 6.45) is 16.5. The van der Waals surface area contributed by atoms with Crippen molar-refractivity contribution in [2.24, 2.45) is 17.8 Å². The summed E-state index contributed by atoms with van der Waals surface area (Å²) in [5.74, 6) is -4.56. The van der Waals surface area contributed by atoms with Crippen LogP contribution in [0.5, 0.6) is 0 Å². The molecule has 0 aromatic heterocycles. The molecule has 3 unspecified atom stereocenters. The van der Waals surface area contributed by atoms with E-state index in [2.05, 4.69) is 20.8 Å². The zero-order chi connectivity index (χ0) is 36.6. The van der Waals surface area contributed by atoms with Crippen LogP contribution in [0.2, 0.25) is 0 Å². The fourth-order valence-electron chi connectivity index (χ4n) is 6.01. The second-order valence-electron chi connectivity index (χ2n) is 13.4. The quantitative estimate of drug-likeness (QED) is 0.0779. The molecule has 12 nitrogen and oxygen atoms in total. The van der Waals surface area contributed by atoms with Gasteiger partial charge in [0.1, 0.15) is 0 Å². The molecule has 0 N–H and O–H groups in total. The fourth-order valence-corrected chi connectivity index (χ4v) is 11.4. The van der Waals surface area contributed by atoms with Crippen LogP contribution in [0.3, 0.4) is 0 Å². The molecule has 2 aliphatic heterocycles. The van der Waals surface area contributed by atoms with Crippen LogP contribution in [0, 0.1) is 17.8 Å². The molecular formula is C36H60O12Sb2. The molecule has 3 atom stereocenters. The van der Waals surface area contributed by atoms with Crippen molar-refractivity contribution in [3.63, 3.8) is 0 Å². The normalized spacial score (nSPS) is 20.4. The van der Waals surface area contributed by atoms with E-state index in [1.54, 1.807) is 0 Å². The molecule has 2 rings (SSSR count). The molecule has 0 aromatic carbocycles. The van der Waals surface area contributed by atoms with Gasteiger partial charge in [-0.25, -0.2) is 0 Å². The predicted molar refractivity (Wildman–Crippen MR) is 186 cm³/mol. The van der Waals surface area contributed by atoms with Gasteiger partial charge in [-0.2, -0.15) is 0 Å². The first-order chi connectivity index (χ1) is 24.2. The number of carbonyl (C=O) groups excluding carboxylic acids is 6. The molecule has 2 fully saturated rings. The van der Waals surface area contributed by atoms with Gasteiger partial charge < -0.3 is 0 Å². The summed E-state index contributed by atoms with van der Waals surface area (Å²) in [6, 6.07) is 0. The summed E-state index contributed by atoms with van der Waals surface area (Å²) in [7, 11) is 0. The Balaban J connectivity index is 1.98. The van der Waals surface area contributed by atoms with Crippen LogP contribution in [0.4, 0.5) is 0 Å². The van der Waals surface area contributed by atoms with Gasteiger partial charge in [0.15, 0.2) is 0 Å². The number of hydrogen-bond donors (Lipinski definition) is 0. The van der Waals surface area contributed by atoms with Gasteiger partial charge in [-0.3, -0.25) is 0 Å². The van der Waals surface area contributed by atoms with Crippen LogP contribution in [0.15, 0.2) is 0 Å². The fraction of sp³-hybridized carbons (Fsp3) is 0.833. The number of rotatable bonds is 22. The molecular weight excluding hydrogens is 868 g/mol. The van der Waals surface area contributed by atoms with Gasteiger partial charge in [-0.05, 0) is 0 Å². The molecule has 50 heavy (non-hydrogen) atoms. The van der Waals surface area contributed by atoms with Gasteiger partial charge in [0, 0.05) is 0 Å². The van der Waals surface area contributed by atoms with Crippen molar-refractivity contribution in [1.82, 2.24) is 0 Å². The summed E-state index contributed by atoms with van der Waals surface area (Å²) in [5.41, 5.74) is 0. The number of hydrogen-bond acceptors (Lipinski definition) is 12. The van der Waals surface area contributed by atoms with Crippen LogP contribution < -0.4 is 0 Å². The van der Waals surface area contributed by atoms with Crippen molar-refractivity contribution >= 4 is 78.8 Å². The molecule has 2 saturated heterocycles. The number of carbonyl (C=O) groups is 6. The van der Waals surface area contributed by atoms with E-state index in [4.69, 9.17) is 18.1 Å². The molecule has 0 spiro atoms. The molecule has 0 amide bonds. The first kappa shape index (κ1) is 44.6. The maximum absolute atomic E-state index is 13.4. The second kappa shape index (κ2) is 27.1. The Hall–Kier alpha value is -1.54. The van der Waals surface area contributed by atoms with Gasteiger partial charge >= 0.3 is 318 Å². The van der Waals surface area contributed by atoms with E-state index in [1.807, 2.05) is 0 Å². The van der Waals surface area contributed by atoms with Crippen molar-refractivity contribution in [1.29, 1.82) is 0 Å². The first-order valence-electron chi connectivity index (χ1n) is 19.0. The van der Waals surface area contributed by atoms with E-state index < -0.39 is 84.7 Å². The summed E-state index contributed by atoms with van der Waals surface area (Å²) < 4.78 is 32.9. The van der Waals surface area contributed by atoms with E-state index >= 15 is 0 Å². The molecule has 286 valence electrons. The van der Waals surface area contributed by atoms with Crippen LogP contribution in [-0.4, -0.2) is 78.8 Å². The van der Waals surface area contributed by atoms with Crippen LogP contribution >= 0.6 is 0 Å². The monoisotopic (exact) mass is 926 g/mol. The van der Waals surface area contributed by atoms with Crippen LogP contribution in [-0.2, 0) is 46.9 Å². The van der Waals surface area contributed by atoms with E-state index in [9.17, 15) is 28.8 Å². The molecule has 0 radical (unpaired) electrons. The Morgan fingerprint density at radius 2 is 1.08 bits per heavy atom. The minimum absolute atomic E-state index is 0.0802. The minimum atomic E-state index is -3.98. The molecule has 0 aliphatic carbocycles. The summed E-state index contributed by atoms with van der Waals surface area (Å²) >= 11 is -7.90. The first-order valence-corrected chi connectivity index (χ1v) is 25.3. The molecule has 0 bridgehead atoms. The van der Waals surface area contributed by atoms with Gasteiger partial charge in [0.25, 0.3) is 0 Å². The molecule has 2 aliphatic rings. The molecule has 0 aromatic rings. The average Bonchev–Trinajstić information content (AvgIpc) is 3.17. The van der Waals surface area contributed by atoms with Crippen LogP contribution in [0.1, 0.15) is 175 Å². The Bertz CT molecular complexity index is 1050. The van der Waals surface area contributed by atoms with Gasteiger partial charge in [0.05, 0.1) is 0 Å². The number of unbranched alkanes of at least 4 members (excludes halogenated alkanes) is 9. The van der Waals surface area contributed by atoms with Gasteiger partial charge in [-0.15, -0.1) is 0 Å². The SMILES string of the molecule is CCCCCCC1CCCC(=O)[O][Sb]([O]C(=O)CCCC(CCCCCC)C(=O)[O][Sb]2[O]C(=O)CCCC(CCCCCC)C(=O)[O]2)[O]C1=O. The second-order valence-corrected chi connectivity index (χ2v) is 19.1. The molecule has 0 saturated carbocycles. The Kier molecular flexibility index (Phi) is 24.2. The van der Waals surface area contributed by atoms with E-state index in [1.165, 1.54) is 0 Å². The Morgan fingerprint density at radius 3 is 1.58 bits per heavy atom. The van der Waals surface area contributed by atoms with Crippen molar-refractivity contribution in [2.75, 3.05) is 0 Å². The topological polar surface area (TPSA) is 158 Å². The Morgan fingerprint density at radius 1 is 0.620 bits per heavy atom. The van der Waals surface area contributed by atoms with E-state index in [0.29, 0.717) is 44.9 Å². The zero-order valence-corrected chi connectivity index (χ0v) is 35.6. The van der Waals surface area contributed by atoms with E-state index in [0.717, 1.165) is 77.0 Å². The summed E-state index contributed by atoms with van der Waals surface area (Å²) in [4.78, 5) is 76.9. The molecule has 2 heterocycles. The zero-order valence-electron chi connectivity index (χ0n) is 30.5. The van der Waals surface area contributed by atoms with E-state index in [-0.39, 0.29) is 43.9 Å². The van der Waals surface area contributed by atoms with Gasteiger partial charge in [0.2, 0.25) is 0 Å².